The van der Waals surface area contributed by atoms with Gasteiger partial charge in [0.2, 0.25) is 5.91 Å². The number of aryl methyl sites for hydroxylation is 1. The number of halogens is 1. The Kier molecular flexibility index (Phi) is 5.65. The Hall–Kier alpha value is -1.28. The number of alkyl halides is 1. The molecule has 0 saturated heterocycles. The van der Waals surface area contributed by atoms with Crippen LogP contribution >= 0.6 is 11.6 Å². The molecule has 1 N–H and O–H groups in total. The van der Waals surface area contributed by atoms with Crippen LogP contribution in [-0.4, -0.2) is 17.8 Å². The maximum Gasteiger partial charge on any atom is 0.235 e. The van der Waals surface area contributed by atoms with Crippen molar-refractivity contribution >= 4 is 17.5 Å². The molecule has 86 valence electrons. The fraction of sp³-hybridized carbons (Fsp3) is 0.308. The third-order valence-corrected chi connectivity index (χ3v) is 2.58. The molecule has 1 unspecified atom stereocenters. The molecule has 0 aliphatic carbocycles. The van der Waals surface area contributed by atoms with Gasteiger partial charge in [-0.1, -0.05) is 36.4 Å². The summed E-state index contributed by atoms with van der Waals surface area (Å²) in [5.41, 5.74) is 1.26. The van der Waals surface area contributed by atoms with Crippen LogP contribution in [0, 0.1) is 0 Å². The van der Waals surface area contributed by atoms with E-state index in [1.54, 1.807) is 6.08 Å². The van der Waals surface area contributed by atoms with E-state index in [0.29, 0.717) is 0 Å². The molecule has 16 heavy (non-hydrogen) atoms. The minimum atomic E-state index is -0.153. The number of amides is 1. The Bertz CT molecular complexity index is 337. The molecule has 1 amide bonds. The highest BCUT2D eigenvalue weighted by Gasteiger charge is 2.07. The van der Waals surface area contributed by atoms with Crippen LogP contribution < -0.4 is 5.32 Å². The van der Waals surface area contributed by atoms with E-state index in [2.05, 4.69) is 24.0 Å². The zero-order valence-corrected chi connectivity index (χ0v) is 9.91. The smallest absolute Gasteiger partial charge is 0.235 e. The van der Waals surface area contributed by atoms with E-state index in [4.69, 9.17) is 11.6 Å². The molecule has 0 aliphatic rings. The van der Waals surface area contributed by atoms with Crippen LogP contribution in [0.1, 0.15) is 12.0 Å². The fourth-order valence-corrected chi connectivity index (χ4v) is 1.54. The Morgan fingerprint density at radius 3 is 2.69 bits per heavy atom. The van der Waals surface area contributed by atoms with Crippen LogP contribution in [0.5, 0.6) is 0 Å². The quantitative estimate of drug-likeness (QED) is 0.598. The fourth-order valence-electron chi connectivity index (χ4n) is 1.46. The number of carbonyl (C=O) groups is 1. The summed E-state index contributed by atoms with van der Waals surface area (Å²) in [5.74, 6) is -0.157. The van der Waals surface area contributed by atoms with E-state index < -0.39 is 0 Å². The molecule has 1 atom stereocenters. The van der Waals surface area contributed by atoms with Gasteiger partial charge in [0.25, 0.3) is 0 Å². The molecule has 1 rings (SSSR count). The van der Waals surface area contributed by atoms with Crippen LogP contribution in [0.3, 0.4) is 0 Å². The minimum Gasteiger partial charge on any atom is -0.349 e. The van der Waals surface area contributed by atoms with Gasteiger partial charge in [-0.2, -0.15) is 0 Å². The van der Waals surface area contributed by atoms with E-state index in [9.17, 15) is 4.79 Å². The summed E-state index contributed by atoms with van der Waals surface area (Å²) in [7, 11) is 0. The number of hydrogen-bond acceptors (Lipinski definition) is 1. The van der Waals surface area contributed by atoms with Crippen molar-refractivity contribution in [2.75, 3.05) is 5.88 Å². The van der Waals surface area contributed by atoms with E-state index in [0.717, 1.165) is 12.8 Å². The maximum absolute atomic E-state index is 11.1. The van der Waals surface area contributed by atoms with Crippen LogP contribution in [0.4, 0.5) is 0 Å². The Morgan fingerprint density at radius 1 is 1.44 bits per heavy atom. The first-order chi connectivity index (χ1) is 7.76. The molecule has 0 saturated carbocycles. The first-order valence-corrected chi connectivity index (χ1v) is 5.81. The van der Waals surface area contributed by atoms with Gasteiger partial charge in [-0.15, -0.1) is 18.2 Å². The van der Waals surface area contributed by atoms with Crippen LogP contribution in [-0.2, 0) is 11.2 Å². The third-order valence-electron chi connectivity index (χ3n) is 2.34. The predicted octanol–water partition coefficient (Wildman–Crippen LogP) is 2.53. The van der Waals surface area contributed by atoms with E-state index in [1.165, 1.54) is 5.56 Å². The highest BCUT2D eigenvalue weighted by Crippen LogP contribution is 2.05. The van der Waals surface area contributed by atoms with Gasteiger partial charge in [-0.25, -0.2) is 0 Å². The number of nitrogens with one attached hydrogen (secondary N) is 1. The zero-order chi connectivity index (χ0) is 11.8. The summed E-state index contributed by atoms with van der Waals surface area (Å²) < 4.78 is 0. The average molecular weight is 238 g/mol. The summed E-state index contributed by atoms with van der Waals surface area (Å²) in [5, 5.41) is 2.80. The highest BCUT2D eigenvalue weighted by molar-refractivity contribution is 6.27. The molecule has 3 heteroatoms. The lowest BCUT2D eigenvalue weighted by molar-refractivity contribution is -0.119. The van der Waals surface area contributed by atoms with Gasteiger partial charge >= 0.3 is 0 Å². The van der Waals surface area contributed by atoms with E-state index in [-0.39, 0.29) is 17.8 Å². The van der Waals surface area contributed by atoms with Crippen molar-refractivity contribution in [1.82, 2.24) is 5.32 Å². The SMILES string of the molecule is C=CC(CCc1ccccc1)NC(=O)CCl. The lowest BCUT2D eigenvalue weighted by atomic mass is 10.1. The van der Waals surface area contributed by atoms with Crippen molar-refractivity contribution in [3.05, 3.63) is 48.6 Å². The molecule has 0 aliphatic heterocycles. The molecule has 0 bridgehead atoms. The Morgan fingerprint density at radius 2 is 2.12 bits per heavy atom. The number of rotatable bonds is 6. The topological polar surface area (TPSA) is 29.1 Å². The van der Waals surface area contributed by atoms with Crippen molar-refractivity contribution in [2.45, 2.75) is 18.9 Å². The van der Waals surface area contributed by atoms with E-state index >= 15 is 0 Å². The number of hydrogen-bond donors (Lipinski definition) is 1. The van der Waals surface area contributed by atoms with Gasteiger partial charge in [0.15, 0.2) is 0 Å². The average Bonchev–Trinajstić information content (AvgIpc) is 2.35. The van der Waals surface area contributed by atoms with Crippen molar-refractivity contribution in [1.29, 1.82) is 0 Å². The summed E-state index contributed by atoms with van der Waals surface area (Å²) >= 11 is 5.42. The maximum atomic E-state index is 11.1. The summed E-state index contributed by atoms with van der Waals surface area (Å²) in [6.07, 6.45) is 3.50. The first kappa shape index (κ1) is 12.8. The molecule has 0 heterocycles. The van der Waals surface area contributed by atoms with Gasteiger partial charge < -0.3 is 5.32 Å². The highest BCUT2D eigenvalue weighted by atomic mass is 35.5. The molecule has 0 spiro atoms. The molecule has 1 aromatic carbocycles. The third kappa shape index (κ3) is 4.49. The lowest BCUT2D eigenvalue weighted by Gasteiger charge is -2.13. The second-order valence-electron chi connectivity index (χ2n) is 3.57. The molecule has 0 aromatic heterocycles. The zero-order valence-electron chi connectivity index (χ0n) is 9.16. The van der Waals surface area contributed by atoms with Crippen molar-refractivity contribution < 1.29 is 4.79 Å². The van der Waals surface area contributed by atoms with Gasteiger partial charge in [0, 0.05) is 6.04 Å². The minimum absolute atomic E-state index is 0.00429. The molecular formula is C13H16ClNO. The molecule has 0 fully saturated rings. The Balaban J connectivity index is 2.40. The van der Waals surface area contributed by atoms with Gasteiger partial charge in [0.1, 0.15) is 5.88 Å². The summed E-state index contributed by atoms with van der Waals surface area (Å²) in [6.45, 7) is 3.70. The van der Waals surface area contributed by atoms with Gasteiger partial charge in [-0.05, 0) is 18.4 Å². The summed E-state index contributed by atoms with van der Waals surface area (Å²) in [6, 6.07) is 10.1. The first-order valence-electron chi connectivity index (χ1n) is 5.28. The Labute approximate surface area is 101 Å². The summed E-state index contributed by atoms with van der Waals surface area (Å²) in [4.78, 5) is 11.1. The molecule has 2 nitrogen and oxygen atoms in total. The number of carbonyl (C=O) groups excluding carboxylic acids is 1. The van der Waals surface area contributed by atoms with Crippen molar-refractivity contribution in [3.8, 4) is 0 Å². The largest absolute Gasteiger partial charge is 0.349 e. The normalized spacial score (nSPS) is 11.8. The molecule has 0 radical (unpaired) electrons. The van der Waals surface area contributed by atoms with Crippen molar-refractivity contribution in [2.24, 2.45) is 0 Å². The van der Waals surface area contributed by atoms with Crippen molar-refractivity contribution in [3.63, 3.8) is 0 Å². The second kappa shape index (κ2) is 7.07. The molecular weight excluding hydrogens is 222 g/mol. The predicted molar refractivity (Wildman–Crippen MR) is 67.6 cm³/mol. The van der Waals surface area contributed by atoms with Crippen LogP contribution in [0.15, 0.2) is 43.0 Å². The van der Waals surface area contributed by atoms with Crippen LogP contribution in [0.2, 0.25) is 0 Å². The monoisotopic (exact) mass is 237 g/mol. The van der Waals surface area contributed by atoms with Gasteiger partial charge in [-0.3, -0.25) is 4.79 Å². The second-order valence-corrected chi connectivity index (χ2v) is 3.83. The number of benzene rings is 1. The molecule has 1 aromatic rings. The standard InChI is InChI=1S/C13H16ClNO/c1-2-12(15-13(16)10-14)9-8-11-6-4-3-5-7-11/h2-7,12H,1,8-10H2,(H,15,16). The van der Waals surface area contributed by atoms with Gasteiger partial charge in [0.05, 0.1) is 0 Å². The van der Waals surface area contributed by atoms with E-state index in [1.807, 2.05) is 18.2 Å². The van der Waals surface area contributed by atoms with Crippen LogP contribution in [0.25, 0.3) is 0 Å². The lowest BCUT2D eigenvalue weighted by Crippen LogP contribution is -2.34.